The number of nitrogens with zero attached hydrogens (tertiary/aromatic N) is 2. The number of anilines is 2. The van der Waals surface area contributed by atoms with E-state index in [9.17, 15) is 13.2 Å². The molecule has 7 nitrogen and oxygen atoms in total. The first kappa shape index (κ1) is 22.9. The van der Waals surface area contributed by atoms with E-state index in [4.69, 9.17) is 0 Å². The smallest absolute Gasteiger partial charge is 0.266 e. The molecule has 0 fully saturated rings. The van der Waals surface area contributed by atoms with E-state index in [0.717, 1.165) is 28.5 Å². The van der Waals surface area contributed by atoms with Gasteiger partial charge in [-0.15, -0.1) is 11.3 Å². The number of aromatic nitrogens is 2. The Labute approximate surface area is 197 Å². The molecule has 9 heteroatoms. The quantitative estimate of drug-likeness (QED) is 0.373. The average molecular weight is 481 g/mol. The van der Waals surface area contributed by atoms with Crippen molar-refractivity contribution in [3.05, 3.63) is 76.4 Å². The molecule has 0 saturated heterocycles. The maximum atomic E-state index is 13.0. The van der Waals surface area contributed by atoms with Crippen LogP contribution in [0.1, 0.15) is 40.0 Å². The molecule has 2 aromatic carbocycles. The largest absolute Gasteiger partial charge is 0.321 e. The summed E-state index contributed by atoms with van der Waals surface area (Å²) in [4.78, 5) is 22.0. The Morgan fingerprint density at radius 3 is 2.33 bits per heavy atom. The fraction of sp³-hybridized carbons (Fsp3) is 0.208. The monoisotopic (exact) mass is 480 g/mol. The fourth-order valence-electron chi connectivity index (χ4n) is 3.64. The van der Waals surface area contributed by atoms with E-state index in [-0.39, 0.29) is 16.8 Å². The van der Waals surface area contributed by atoms with E-state index < -0.39 is 10.0 Å². The molecule has 1 amide bonds. The molecule has 0 aliphatic heterocycles. The number of carbonyl (C=O) groups is 1. The zero-order chi connectivity index (χ0) is 23.6. The number of carbonyl (C=O) groups excluding carboxylic acids is 1. The Morgan fingerprint density at radius 1 is 1.00 bits per heavy atom. The van der Waals surface area contributed by atoms with Crippen LogP contribution < -0.4 is 10.0 Å². The first-order valence-electron chi connectivity index (χ1n) is 10.5. The van der Waals surface area contributed by atoms with Gasteiger partial charge in [0.2, 0.25) is 5.95 Å². The summed E-state index contributed by atoms with van der Waals surface area (Å²) in [5, 5.41) is 4.00. The van der Waals surface area contributed by atoms with E-state index in [2.05, 4.69) is 26.9 Å². The molecule has 170 valence electrons. The van der Waals surface area contributed by atoms with E-state index in [1.165, 1.54) is 23.5 Å². The van der Waals surface area contributed by atoms with Crippen molar-refractivity contribution in [3.8, 4) is 0 Å². The highest BCUT2D eigenvalue weighted by molar-refractivity contribution is 7.92. The summed E-state index contributed by atoms with van der Waals surface area (Å²) in [7, 11) is -3.86. The first-order chi connectivity index (χ1) is 15.8. The number of hydrogen-bond acceptors (Lipinski definition) is 6. The van der Waals surface area contributed by atoms with Crippen molar-refractivity contribution in [2.75, 3.05) is 10.0 Å². The summed E-state index contributed by atoms with van der Waals surface area (Å²) >= 11 is 1.47. The van der Waals surface area contributed by atoms with Crippen molar-refractivity contribution < 1.29 is 13.2 Å². The molecular formula is C24H24N4O3S2. The minimum absolute atomic E-state index is 0.0260. The molecule has 2 heterocycles. The number of thiophene rings is 1. The van der Waals surface area contributed by atoms with Crippen molar-refractivity contribution in [3.63, 3.8) is 0 Å². The highest BCUT2D eigenvalue weighted by atomic mass is 32.2. The van der Waals surface area contributed by atoms with E-state index in [1.807, 2.05) is 24.3 Å². The summed E-state index contributed by atoms with van der Waals surface area (Å²) in [6.45, 7) is 5.63. The Kier molecular flexibility index (Phi) is 6.44. The standard InChI is InChI=1S/C24H24N4O3S2/c1-4-7-20-19-8-5-6-9-21(19)32-22(20)23(29)27-17-10-12-18(13-11-17)33(30,31)28-24-25-15(2)14-16(3)26-24/h5-6,8-14H,4,7H2,1-3H3,(H,27,29)(H,25,26,28). The van der Waals surface area contributed by atoms with Gasteiger partial charge in [-0.2, -0.15) is 0 Å². The molecule has 0 spiro atoms. The van der Waals surface area contributed by atoms with Gasteiger partial charge < -0.3 is 5.32 Å². The molecule has 0 aliphatic rings. The zero-order valence-electron chi connectivity index (χ0n) is 18.5. The number of fused-ring (bicyclic) bond motifs is 1. The predicted octanol–water partition coefficient (Wildman–Crippen LogP) is 5.31. The molecular weight excluding hydrogens is 456 g/mol. The lowest BCUT2D eigenvalue weighted by molar-refractivity contribution is 0.103. The van der Waals surface area contributed by atoms with E-state index >= 15 is 0 Å². The summed E-state index contributed by atoms with van der Waals surface area (Å²) < 4.78 is 28.9. The molecule has 0 aliphatic carbocycles. The van der Waals surface area contributed by atoms with E-state index in [1.54, 1.807) is 32.0 Å². The number of nitrogens with one attached hydrogen (secondary N) is 2. The van der Waals surface area contributed by atoms with Gasteiger partial charge in [-0.25, -0.2) is 23.1 Å². The highest BCUT2D eigenvalue weighted by Crippen LogP contribution is 2.33. The van der Waals surface area contributed by atoms with E-state index in [0.29, 0.717) is 22.0 Å². The number of sulfonamides is 1. The lowest BCUT2D eigenvalue weighted by Gasteiger charge is -2.10. The van der Waals surface area contributed by atoms with Crippen LogP contribution in [0.3, 0.4) is 0 Å². The molecule has 33 heavy (non-hydrogen) atoms. The number of aryl methyl sites for hydroxylation is 3. The minimum Gasteiger partial charge on any atom is -0.321 e. The van der Waals surface area contributed by atoms with Crippen molar-refractivity contribution in [2.45, 2.75) is 38.5 Å². The fourth-order valence-corrected chi connectivity index (χ4v) is 5.73. The molecule has 0 atom stereocenters. The topological polar surface area (TPSA) is 101 Å². The van der Waals surface area contributed by atoms with Crippen molar-refractivity contribution in [1.29, 1.82) is 0 Å². The molecule has 2 N–H and O–H groups in total. The van der Waals surface area contributed by atoms with Gasteiger partial charge in [0, 0.05) is 21.8 Å². The van der Waals surface area contributed by atoms with Crippen molar-refractivity contribution in [2.24, 2.45) is 0 Å². The molecule has 0 bridgehead atoms. The Hall–Kier alpha value is -3.30. The summed E-state index contributed by atoms with van der Waals surface area (Å²) in [5.41, 5.74) is 2.90. The minimum atomic E-state index is -3.86. The third-order valence-electron chi connectivity index (χ3n) is 5.03. The van der Waals surface area contributed by atoms with Crippen LogP contribution in [0.5, 0.6) is 0 Å². The second-order valence-electron chi connectivity index (χ2n) is 7.71. The number of hydrogen-bond donors (Lipinski definition) is 2. The number of amides is 1. The van der Waals surface area contributed by atoms with Crippen molar-refractivity contribution in [1.82, 2.24) is 9.97 Å². The van der Waals surface area contributed by atoms with Crippen LogP contribution in [0.2, 0.25) is 0 Å². The predicted molar refractivity (Wildman–Crippen MR) is 133 cm³/mol. The van der Waals surface area contributed by atoms with Gasteiger partial charge in [0.05, 0.1) is 9.77 Å². The maximum absolute atomic E-state index is 13.0. The Bertz CT molecular complexity index is 1410. The SMILES string of the molecule is CCCc1c(C(=O)Nc2ccc(S(=O)(=O)Nc3nc(C)cc(C)n3)cc2)sc2ccccc12. The third-order valence-corrected chi connectivity index (χ3v) is 7.59. The molecule has 2 aromatic heterocycles. The second-order valence-corrected chi connectivity index (χ2v) is 10.4. The van der Waals surface area contributed by atoms with Crippen LogP contribution in [0, 0.1) is 13.8 Å². The summed E-state index contributed by atoms with van der Waals surface area (Å²) in [6.07, 6.45) is 1.75. The lowest BCUT2D eigenvalue weighted by Crippen LogP contribution is -2.16. The van der Waals surface area contributed by atoms with Gasteiger partial charge in [0.25, 0.3) is 15.9 Å². The van der Waals surface area contributed by atoms with Crippen LogP contribution in [0.25, 0.3) is 10.1 Å². The van der Waals surface area contributed by atoms with Crippen LogP contribution in [0.15, 0.2) is 59.5 Å². The second kappa shape index (κ2) is 9.29. The zero-order valence-corrected chi connectivity index (χ0v) is 20.2. The first-order valence-corrected chi connectivity index (χ1v) is 12.8. The van der Waals surface area contributed by atoms with Gasteiger partial charge in [0.15, 0.2) is 0 Å². The average Bonchev–Trinajstić information content (AvgIpc) is 3.12. The van der Waals surface area contributed by atoms with Gasteiger partial charge >= 0.3 is 0 Å². The van der Waals surface area contributed by atoms with Gasteiger partial charge in [-0.1, -0.05) is 31.5 Å². The van der Waals surface area contributed by atoms with Gasteiger partial charge in [-0.3, -0.25) is 4.79 Å². The van der Waals surface area contributed by atoms with Crippen LogP contribution in [-0.4, -0.2) is 24.3 Å². The number of benzene rings is 2. The van der Waals surface area contributed by atoms with Gasteiger partial charge in [-0.05, 0) is 67.6 Å². The summed E-state index contributed by atoms with van der Waals surface area (Å²) in [6, 6.07) is 15.8. The molecule has 0 unspecified atom stereocenters. The number of rotatable bonds is 7. The van der Waals surface area contributed by atoms with Crippen LogP contribution in [-0.2, 0) is 16.4 Å². The Balaban J connectivity index is 1.53. The molecule has 0 saturated carbocycles. The molecule has 4 aromatic rings. The summed E-state index contributed by atoms with van der Waals surface area (Å²) in [5.74, 6) is -0.171. The Morgan fingerprint density at radius 2 is 1.67 bits per heavy atom. The van der Waals surface area contributed by atoms with Crippen LogP contribution >= 0.6 is 11.3 Å². The third kappa shape index (κ3) is 5.04. The lowest BCUT2D eigenvalue weighted by atomic mass is 10.1. The molecule has 4 rings (SSSR count). The molecule has 0 radical (unpaired) electrons. The highest BCUT2D eigenvalue weighted by Gasteiger charge is 2.19. The normalized spacial score (nSPS) is 11.5. The van der Waals surface area contributed by atoms with Crippen LogP contribution in [0.4, 0.5) is 11.6 Å². The van der Waals surface area contributed by atoms with Crippen molar-refractivity contribution >= 4 is 49.0 Å². The van der Waals surface area contributed by atoms with Gasteiger partial charge in [0.1, 0.15) is 0 Å². The maximum Gasteiger partial charge on any atom is 0.266 e.